The Labute approximate surface area is 170 Å². The van der Waals surface area contributed by atoms with E-state index in [1.54, 1.807) is 5.31 Å². The maximum absolute atomic E-state index is 4.99. The van der Waals surface area contributed by atoms with Crippen molar-refractivity contribution in [2.75, 3.05) is 6.16 Å². The monoisotopic (exact) mass is 572 g/mol. The summed E-state index contributed by atoms with van der Waals surface area (Å²) in [6, 6.07) is 32.6. The molecule has 0 saturated carbocycles. The summed E-state index contributed by atoms with van der Waals surface area (Å²) in [5.74, 6) is 0. The minimum atomic E-state index is -1.14. The Bertz CT molecular complexity index is 820. The molecule has 122 valence electrons. The maximum atomic E-state index is 4.99. The number of rotatable bonds is 3. The molecule has 0 nitrogen and oxygen atoms in total. The van der Waals surface area contributed by atoms with Gasteiger partial charge >= 0.3 is 38.6 Å². The first-order chi connectivity index (χ1) is 12.3. The minimum Gasteiger partial charge on any atom is -0.0622 e. The molecule has 25 heavy (non-hydrogen) atoms. The molecule has 0 radical (unpaired) electrons. The molecule has 3 aromatic rings. The number of allylic oxidation sites excluding steroid dienone is 1. The van der Waals surface area contributed by atoms with Crippen molar-refractivity contribution in [3.63, 3.8) is 0 Å². The van der Waals surface area contributed by atoms with Crippen LogP contribution in [-0.4, -0.2) is 6.16 Å². The van der Waals surface area contributed by atoms with Gasteiger partial charge in [-0.25, -0.2) is 0 Å². The number of halogens is 2. The SMILES string of the molecule is [Cl][Hg][Cl].c1ccc(C2=C(c3ccccc3)P(c3ccccc3)C2)cc1. The molecular weight excluding hydrogens is 555 g/mol. The molecule has 1 heterocycles. The average Bonchev–Trinajstić information content (AvgIpc) is 2.64. The van der Waals surface area contributed by atoms with Crippen LogP contribution in [0.5, 0.6) is 0 Å². The van der Waals surface area contributed by atoms with E-state index in [4.69, 9.17) is 16.5 Å². The fourth-order valence-electron chi connectivity index (χ4n) is 3.01. The summed E-state index contributed by atoms with van der Waals surface area (Å²) < 4.78 is 0. The van der Waals surface area contributed by atoms with Crippen molar-refractivity contribution in [2.45, 2.75) is 0 Å². The molecule has 0 spiro atoms. The van der Waals surface area contributed by atoms with Crippen molar-refractivity contribution in [3.05, 3.63) is 102 Å². The molecule has 4 heteroatoms. The molecule has 1 aliphatic rings. The molecule has 0 fully saturated rings. The van der Waals surface area contributed by atoms with Crippen molar-refractivity contribution in [3.8, 4) is 0 Å². The van der Waals surface area contributed by atoms with Crippen LogP contribution in [0.15, 0.2) is 91.0 Å². The second-order valence-corrected chi connectivity index (χ2v) is 15.6. The van der Waals surface area contributed by atoms with Gasteiger partial charge in [-0.2, -0.15) is 0 Å². The van der Waals surface area contributed by atoms with Crippen LogP contribution in [0.4, 0.5) is 0 Å². The first kappa shape index (κ1) is 19.1. The van der Waals surface area contributed by atoms with Crippen LogP contribution in [0, 0.1) is 0 Å². The van der Waals surface area contributed by atoms with Gasteiger partial charge in [-0.1, -0.05) is 91.0 Å². The van der Waals surface area contributed by atoms with Crippen LogP contribution in [0.25, 0.3) is 10.9 Å². The van der Waals surface area contributed by atoms with Gasteiger partial charge in [0.2, 0.25) is 0 Å². The van der Waals surface area contributed by atoms with Crippen LogP contribution in [0.3, 0.4) is 0 Å². The van der Waals surface area contributed by atoms with E-state index in [1.807, 2.05) is 0 Å². The fourth-order valence-corrected chi connectivity index (χ4v) is 5.52. The normalized spacial score (nSPS) is 15.5. The predicted molar refractivity (Wildman–Crippen MR) is 109 cm³/mol. The molecule has 3 aromatic carbocycles. The van der Waals surface area contributed by atoms with E-state index in [1.165, 1.54) is 28.2 Å². The summed E-state index contributed by atoms with van der Waals surface area (Å²) >= 11 is -1.14. The van der Waals surface area contributed by atoms with E-state index in [0.717, 1.165) is 0 Å². The third-order valence-electron chi connectivity index (χ3n) is 4.11. The zero-order valence-corrected chi connectivity index (χ0v) is 21.7. The molecule has 0 bridgehead atoms. The zero-order valence-electron chi connectivity index (χ0n) is 13.8. The summed E-state index contributed by atoms with van der Waals surface area (Å²) in [6.07, 6.45) is 1.19. The Balaban J connectivity index is 0.000000569. The molecule has 0 N–H and O–H groups in total. The first-order valence-corrected chi connectivity index (χ1v) is 23.2. The molecule has 0 saturated heterocycles. The van der Waals surface area contributed by atoms with Gasteiger partial charge < -0.3 is 0 Å². The Morgan fingerprint density at radius 2 is 1.08 bits per heavy atom. The maximum Gasteiger partial charge on any atom is 0.00204 e. The van der Waals surface area contributed by atoms with Gasteiger partial charge in [0.25, 0.3) is 0 Å². The zero-order chi connectivity index (χ0) is 17.5. The predicted octanol–water partition coefficient (Wildman–Crippen LogP) is 6.75. The van der Waals surface area contributed by atoms with Crippen LogP contribution in [0.1, 0.15) is 11.1 Å². The molecular formula is C21H17Cl2HgP. The van der Waals surface area contributed by atoms with E-state index in [2.05, 4.69) is 91.0 Å². The van der Waals surface area contributed by atoms with Gasteiger partial charge in [-0.3, -0.25) is 0 Å². The van der Waals surface area contributed by atoms with E-state index >= 15 is 0 Å². The molecule has 0 amide bonds. The fraction of sp³-hybridized carbons (Fsp3) is 0.0476. The van der Waals surface area contributed by atoms with Crippen molar-refractivity contribution in [1.29, 1.82) is 0 Å². The van der Waals surface area contributed by atoms with Gasteiger partial charge in [-0.15, -0.1) is 0 Å². The van der Waals surface area contributed by atoms with Crippen LogP contribution in [0.2, 0.25) is 0 Å². The largest absolute Gasteiger partial charge is 0.0622 e. The Morgan fingerprint density at radius 3 is 1.60 bits per heavy atom. The van der Waals surface area contributed by atoms with E-state index < -0.39 is 22.1 Å². The van der Waals surface area contributed by atoms with Crippen LogP contribution < -0.4 is 5.30 Å². The van der Waals surface area contributed by atoms with E-state index in [9.17, 15) is 0 Å². The molecule has 1 atom stereocenters. The second-order valence-electron chi connectivity index (χ2n) is 5.58. The summed E-state index contributed by atoms with van der Waals surface area (Å²) in [4.78, 5) is 0. The topological polar surface area (TPSA) is 0 Å². The number of benzene rings is 3. The third-order valence-corrected chi connectivity index (χ3v) is 6.73. The quantitative estimate of drug-likeness (QED) is 0.241. The smallest absolute Gasteiger partial charge is 0.00204 e. The Hall–Kier alpha value is -0.655. The summed E-state index contributed by atoms with van der Waals surface area (Å²) in [6.45, 7) is 0. The van der Waals surface area contributed by atoms with Crippen molar-refractivity contribution in [1.82, 2.24) is 0 Å². The second kappa shape index (κ2) is 9.88. The molecule has 1 unspecified atom stereocenters. The van der Waals surface area contributed by atoms with Gasteiger partial charge in [0.05, 0.1) is 0 Å². The van der Waals surface area contributed by atoms with Crippen molar-refractivity contribution < 1.29 is 22.1 Å². The summed E-state index contributed by atoms with van der Waals surface area (Å²) in [5.41, 5.74) is 4.26. The van der Waals surface area contributed by atoms with Gasteiger partial charge in [0, 0.05) is 6.16 Å². The molecule has 4 rings (SSSR count). The first-order valence-electron chi connectivity index (χ1n) is 8.13. The number of hydrogen-bond acceptors (Lipinski definition) is 0. The average molecular weight is 572 g/mol. The summed E-state index contributed by atoms with van der Waals surface area (Å²) in [7, 11) is 9.76. The number of hydrogen-bond donors (Lipinski definition) is 0. The molecule has 0 aliphatic carbocycles. The third kappa shape index (κ3) is 4.75. The van der Waals surface area contributed by atoms with Crippen molar-refractivity contribution in [2.24, 2.45) is 0 Å². The van der Waals surface area contributed by atoms with E-state index in [0.29, 0.717) is 0 Å². The van der Waals surface area contributed by atoms with Crippen LogP contribution >= 0.6 is 24.4 Å². The minimum absolute atomic E-state index is 0.216. The summed E-state index contributed by atoms with van der Waals surface area (Å²) in [5, 5.41) is 3.03. The van der Waals surface area contributed by atoms with Gasteiger partial charge in [0.15, 0.2) is 0 Å². The Kier molecular flexibility index (Phi) is 7.56. The standard InChI is InChI=1S/C21H17P.2ClH.Hg/c1-4-10-17(11-5-1)20-16-22(19-14-8-3-9-15-19)21(20)18-12-6-2-7-13-18;;;/h1-15H,16H2;2*1H;/q;;;+2/p-2. The molecule has 0 aromatic heterocycles. The van der Waals surface area contributed by atoms with E-state index in [-0.39, 0.29) is 7.92 Å². The molecule has 1 aliphatic heterocycles. The Morgan fingerprint density at radius 1 is 0.640 bits per heavy atom. The van der Waals surface area contributed by atoms with Gasteiger partial charge in [-0.05, 0) is 35.2 Å². The van der Waals surface area contributed by atoms with Gasteiger partial charge in [0.1, 0.15) is 0 Å². The van der Waals surface area contributed by atoms with Crippen LogP contribution in [-0.2, 0) is 22.1 Å². The van der Waals surface area contributed by atoms with Crippen molar-refractivity contribution >= 4 is 40.6 Å².